The van der Waals surface area contributed by atoms with E-state index in [2.05, 4.69) is 10.3 Å². The number of nitrogens with one attached hydrogen (secondary N) is 1. The normalized spacial score (nSPS) is 9.55. The molecule has 0 saturated carbocycles. The zero-order chi connectivity index (χ0) is 8.27. The second-order valence-corrected chi connectivity index (χ2v) is 3.09. The Kier molecular flexibility index (Phi) is 2.43. The Bertz CT molecular complexity index is 258. The number of primary amides is 1. The minimum Gasteiger partial charge on any atom is -0.351 e. The fourth-order valence-corrected chi connectivity index (χ4v) is 1.39. The molecule has 0 radical (unpaired) electrons. The van der Waals surface area contributed by atoms with Crippen LogP contribution in [0.4, 0.5) is 9.93 Å². The van der Waals surface area contributed by atoms with Crippen LogP contribution in [0.25, 0.3) is 0 Å². The van der Waals surface area contributed by atoms with Gasteiger partial charge in [0, 0.05) is 11.1 Å². The number of nitrogens with zero attached hydrogens (tertiary/aromatic N) is 1. The van der Waals surface area contributed by atoms with E-state index in [4.69, 9.17) is 5.73 Å². The first-order valence-electron chi connectivity index (χ1n) is 3.23. The molecule has 11 heavy (non-hydrogen) atoms. The van der Waals surface area contributed by atoms with Gasteiger partial charge in [-0.25, -0.2) is 9.78 Å². The lowest BCUT2D eigenvalue weighted by atomic mass is 10.4. The molecule has 3 N–H and O–H groups in total. The van der Waals surface area contributed by atoms with E-state index < -0.39 is 6.03 Å². The number of amides is 2. The number of urea groups is 1. The van der Waals surface area contributed by atoms with Gasteiger partial charge in [-0.15, -0.1) is 11.3 Å². The van der Waals surface area contributed by atoms with E-state index in [1.807, 2.05) is 6.92 Å². The number of aromatic nitrogens is 1. The van der Waals surface area contributed by atoms with E-state index in [0.29, 0.717) is 5.13 Å². The topological polar surface area (TPSA) is 68.0 Å². The van der Waals surface area contributed by atoms with Crippen molar-refractivity contribution in [3.05, 3.63) is 11.1 Å². The number of aryl methyl sites for hydroxylation is 1. The lowest BCUT2D eigenvalue weighted by Crippen LogP contribution is -2.18. The highest BCUT2D eigenvalue weighted by Crippen LogP contribution is 2.17. The number of anilines is 1. The molecule has 0 fully saturated rings. The average molecular weight is 171 g/mol. The van der Waals surface area contributed by atoms with Crippen molar-refractivity contribution in [1.82, 2.24) is 4.98 Å². The zero-order valence-electron chi connectivity index (χ0n) is 6.13. The molecule has 1 rings (SSSR count). The molecule has 2 amide bonds. The summed E-state index contributed by atoms with van der Waals surface area (Å²) >= 11 is 1.44. The summed E-state index contributed by atoms with van der Waals surface area (Å²) in [6, 6.07) is -0.568. The monoisotopic (exact) mass is 171 g/mol. The summed E-state index contributed by atoms with van der Waals surface area (Å²) in [5, 5.41) is 2.97. The maximum Gasteiger partial charge on any atom is 0.318 e. The van der Waals surface area contributed by atoms with Crippen molar-refractivity contribution in [2.75, 3.05) is 5.32 Å². The fraction of sp³-hybridized carbons (Fsp3) is 0.333. The molecular weight excluding hydrogens is 162 g/mol. The largest absolute Gasteiger partial charge is 0.351 e. The number of carbonyl (C=O) groups excluding carboxylic acids is 1. The van der Waals surface area contributed by atoms with Gasteiger partial charge >= 0.3 is 6.03 Å². The second kappa shape index (κ2) is 3.34. The van der Waals surface area contributed by atoms with Gasteiger partial charge in [-0.2, -0.15) is 0 Å². The Balaban J connectivity index is 2.65. The molecule has 1 heterocycles. The number of hydrogen-bond donors (Lipinski definition) is 2. The number of nitrogens with two attached hydrogens (primary N) is 1. The number of carbonyl (C=O) groups is 1. The fourth-order valence-electron chi connectivity index (χ4n) is 0.634. The zero-order valence-corrected chi connectivity index (χ0v) is 6.94. The van der Waals surface area contributed by atoms with Crippen LogP contribution in [0.2, 0.25) is 0 Å². The predicted molar refractivity (Wildman–Crippen MR) is 44.7 cm³/mol. The van der Waals surface area contributed by atoms with Crippen molar-refractivity contribution in [1.29, 1.82) is 0 Å². The van der Waals surface area contributed by atoms with Crippen molar-refractivity contribution < 1.29 is 4.79 Å². The third-order valence-electron chi connectivity index (χ3n) is 1.13. The van der Waals surface area contributed by atoms with Crippen LogP contribution in [-0.4, -0.2) is 11.0 Å². The molecular formula is C6H9N3OS. The quantitative estimate of drug-likeness (QED) is 0.702. The van der Waals surface area contributed by atoms with E-state index in [1.54, 1.807) is 6.20 Å². The summed E-state index contributed by atoms with van der Waals surface area (Å²) in [4.78, 5) is 15.4. The molecule has 0 aliphatic carbocycles. The van der Waals surface area contributed by atoms with Crippen LogP contribution in [0.5, 0.6) is 0 Å². The van der Waals surface area contributed by atoms with Gasteiger partial charge in [-0.3, -0.25) is 5.32 Å². The molecule has 1 aromatic rings. The van der Waals surface area contributed by atoms with Gasteiger partial charge in [0.25, 0.3) is 0 Å². The first-order chi connectivity index (χ1) is 5.22. The highest BCUT2D eigenvalue weighted by Gasteiger charge is 2.00. The summed E-state index contributed by atoms with van der Waals surface area (Å²) < 4.78 is 0. The van der Waals surface area contributed by atoms with Gasteiger partial charge in [0.05, 0.1) is 0 Å². The van der Waals surface area contributed by atoms with Crippen LogP contribution in [0, 0.1) is 0 Å². The molecule has 0 atom stereocenters. The van der Waals surface area contributed by atoms with Crippen molar-refractivity contribution in [2.24, 2.45) is 5.73 Å². The Labute approximate surface area is 68.4 Å². The van der Waals surface area contributed by atoms with E-state index in [0.717, 1.165) is 11.3 Å². The summed E-state index contributed by atoms with van der Waals surface area (Å²) in [7, 11) is 0. The predicted octanol–water partition coefficient (Wildman–Crippen LogP) is 1.20. The molecule has 0 aliphatic heterocycles. The molecule has 0 saturated heterocycles. The number of hydrogen-bond acceptors (Lipinski definition) is 3. The van der Waals surface area contributed by atoms with Crippen LogP contribution in [0.1, 0.15) is 11.8 Å². The van der Waals surface area contributed by atoms with Gasteiger partial charge in [-0.1, -0.05) is 6.92 Å². The van der Waals surface area contributed by atoms with Crippen LogP contribution >= 0.6 is 11.3 Å². The number of thiazole rings is 1. The van der Waals surface area contributed by atoms with Gasteiger partial charge in [0.2, 0.25) is 0 Å². The van der Waals surface area contributed by atoms with Crippen LogP contribution in [0.3, 0.4) is 0 Å². The molecule has 1 aromatic heterocycles. The molecule has 0 bridgehead atoms. The average Bonchev–Trinajstić information content (AvgIpc) is 2.34. The maximum absolute atomic E-state index is 10.3. The van der Waals surface area contributed by atoms with Crippen LogP contribution < -0.4 is 11.1 Å². The summed E-state index contributed by atoms with van der Waals surface area (Å²) in [5.74, 6) is 0. The van der Waals surface area contributed by atoms with Crippen LogP contribution in [0.15, 0.2) is 6.20 Å². The smallest absolute Gasteiger partial charge is 0.318 e. The van der Waals surface area contributed by atoms with E-state index in [1.165, 1.54) is 11.3 Å². The van der Waals surface area contributed by atoms with Crippen LogP contribution in [-0.2, 0) is 6.42 Å². The third-order valence-corrected chi connectivity index (χ3v) is 2.19. The van der Waals surface area contributed by atoms with E-state index in [9.17, 15) is 4.79 Å². The third kappa shape index (κ3) is 2.19. The maximum atomic E-state index is 10.3. The minimum atomic E-state index is -0.568. The summed E-state index contributed by atoms with van der Waals surface area (Å²) in [6.07, 6.45) is 2.66. The molecule has 0 aliphatic rings. The summed E-state index contributed by atoms with van der Waals surface area (Å²) in [6.45, 7) is 2.03. The van der Waals surface area contributed by atoms with Gasteiger partial charge in [0.15, 0.2) is 5.13 Å². The Morgan fingerprint density at radius 1 is 1.91 bits per heavy atom. The molecule has 0 spiro atoms. The minimum absolute atomic E-state index is 0.564. The second-order valence-electron chi connectivity index (χ2n) is 1.97. The molecule has 5 heteroatoms. The Morgan fingerprint density at radius 3 is 3.09 bits per heavy atom. The van der Waals surface area contributed by atoms with Gasteiger partial charge in [-0.05, 0) is 6.42 Å². The Morgan fingerprint density at radius 2 is 2.64 bits per heavy atom. The highest BCUT2D eigenvalue weighted by atomic mass is 32.1. The molecule has 0 unspecified atom stereocenters. The standard InChI is InChI=1S/C6H9N3OS/c1-2-4-3-8-6(11-4)9-5(7)10/h3H,2H2,1H3,(H3,7,8,9,10). The molecule has 60 valence electrons. The van der Waals surface area contributed by atoms with Gasteiger partial charge < -0.3 is 5.73 Å². The van der Waals surface area contributed by atoms with Crippen molar-refractivity contribution >= 4 is 22.5 Å². The number of rotatable bonds is 2. The first kappa shape index (κ1) is 8.00. The van der Waals surface area contributed by atoms with E-state index in [-0.39, 0.29) is 0 Å². The Hall–Kier alpha value is -1.10. The SMILES string of the molecule is CCc1cnc(NC(N)=O)s1. The van der Waals surface area contributed by atoms with E-state index >= 15 is 0 Å². The van der Waals surface area contributed by atoms with Crippen molar-refractivity contribution in [2.45, 2.75) is 13.3 Å². The highest BCUT2D eigenvalue weighted by molar-refractivity contribution is 7.15. The molecule has 0 aromatic carbocycles. The van der Waals surface area contributed by atoms with Crippen molar-refractivity contribution in [3.8, 4) is 0 Å². The van der Waals surface area contributed by atoms with Crippen molar-refractivity contribution in [3.63, 3.8) is 0 Å². The lowest BCUT2D eigenvalue weighted by molar-refractivity contribution is 0.259. The van der Waals surface area contributed by atoms with Gasteiger partial charge in [0.1, 0.15) is 0 Å². The lowest BCUT2D eigenvalue weighted by Gasteiger charge is -1.91. The first-order valence-corrected chi connectivity index (χ1v) is 4.05. The molecule has 4 nitrogen and oxygen atoms in total. The summed E-state index contributed by atoms with van der Waals surface area (Å²) in [5.41, 5.74) is 4.89.